The molecule has 0 N–H and O–H groups in total. The van der Waals surface area contributed by atoms with Gasteiger partial charge in [0.1, 0.15) is 0 Å². The number of aromatic nitrogens is 2. The molecule has 1 aliphatic heterocycles. The first kappa shape index (κ1) is 18.9. The van der Waals surface area contributed by atoms with Crippen molar-refractivity contribution in [3.05, 3.63) is 72.1 Å². The number of nitrogens with zero attached hydrogens (tertiary/aromatic N) is 3. The first-order valence-corrected chi connectivity index (χ1v) is 11.0. The van der Waals surface area contributed by atoms with E-state index in [2.05, 4.69) is 5.10 Å². The molecular formula is C23H21N3O3S. The molecule has 1 fully saturated rings. The van der Waals surface area contributed by atoms with Gasteiger partial charge in [0.05, 0.1) is 17.1 Å². The Morgan fingerprint density at radius 1 is 1.07 bits per heavy atom. The molecule has 0 saturated heterocycles. The summed E-state index contributed by atoms with van der Waals surface area (Å²) in [5.41, 5.74) is 2.93. The van der Waals surface area contributed by atoms with Crippen LogP contribution in [0.4, 0.5) is 5.69 Å². The van der Waals surface area contributed by atoms with E-state index in [9.17, 15) is 9.59 Å². The molecule has 1 aromatic heterocycles. The second kappa shape index (κ2) is 7.99. The lowest BCUT2D eigenvalue weighted by atomic mass is 10.2. The predicted molar refractivity (Wildman–Crippen MR) is 115 cm³/mol. The van der Waals surface area contributed by atoms with Gasteiger partial charge in [0.25, 0.3) is 5.91 Å². The molecular weight excluding hydrogens is 398 g/mol. The van der Waals surface area contributed by atoms with Gasteiger partial charge in [0.2, 0.25) is 0 Å². The largest absolute Gasteiger partial charge is 0.451 e. The van der Waals surface area contributed by atoms with Gasteiger partial charge in [-0.05, 0) is 43.2 Å². The number of ether oxygens (including phenoxy) is 1. The highest BCUT2D eigenvalue weighted by Crippen LogP contribution is 2.40. The molecule has 3 aromatic rings. The minimum absolute atomic E-state index is 0.218. The van der Waals surface area contributed by atoms with Crippen molar-refractivity contribution in [2.45, 2.75) is 23.7 Å². The minimum Gasteiger partial charge on any atom is -0.451 e. The number of hydrogen-bond donors (Lipinski definition) is 0. The number of amides is 1. The number of esters is 1. The second-order valence-electron chi connectivity index (χ2n) is 7.41. The van der Waals surface area contributed by atoms with Crippen LogP contribution in [0.2, 0.25) is 0 Å². The number of carbonyl (C=O) groups is 2. The number of hydrogen-bond acceptors (Lipinski definition) is 5. The number of rotatable bonds is 5. The SMILES string of the molecule is O=C(OCC(=O)N1CCSc2ccccc21)c1cc(C2CC2)nn1-c1ccccc1. The normalized spacial score (nSPS) is 15.5. The maximum absolute atomic E-state index is 12.9. The third-order valence-electron chi connectivity index (χ3n) is 5.29. The lowest BCUT2D eigenvalue weighted by Gasteiger charge is -2.28. The van der Waals surface area contributed by atoms with Crippen molar-refractivity contribution < 1.29 is 14.3 Å². The van der Waals surface area contributed by atoms with Crippen LogP contribution in [-0.2, 0) is 9.53 Å². The zero-order valence-corrected chi connectivity index (χ0v) is 17.2. The summed E-state index contributed by atoms with van der Waals surface area (Å²) in [5.74, 6) is 0.475. The number of para-hydroxylation sites is 2. The second-order valence-corrected chi connectivity index (χ2v) is 8.55. The summed E-state index contributed by atoms with van der Waals surface area (Å²) in [7, 11) is 0. The minimum atomic E-state index is -0.536. The van der Waals surface area contributed by atoms with E-state index in [1.165, 1.54) is 0 Å². The molecule has 2 heterocycles. The molecule has 1 saturated carbocycles. The van der Waals surface area contributed by atoms with Crippen LogP contribution in [0.5, 0.6) is 0 Å². The molecule has 0 atom stereocenters. The van der Waals surface area contributed by atoms with E-state index < -0.39 is 5.97 Å². The topological polar surface area (TPSA) is 64.4 Å². The predicted octanol–water partition coefficient (Wildman–Crippen LogP) is 4.05. The lowest BCUT2D eigenvalue weighted by molar-refractivity contribution is -0.121. The van der Waals surface area contributed by atoms with Crippen LogP contribution < -0.4 is 4.90 Å². The number of benzene rings is 2. The Hall–Kier alpha value is -3.06. The third kappa shape index (κ3) is 3.73. The van der Waals surface area contributed by atoms with Crippen molar-refractivity contribution in [2.24, 2.45) is 0 Å². The Labute approximate surface area is 178 Å². The molecule has 7 heteroatoms. The standard InChI is InChI=1S/C23H21N3O3S/c27-22(25-12-13-30-21-9-5-4-8-19(21)25)15-29-23(28)20-14-18(16-10-11-16)24-26(20)17-6-2-1-3-7-17/h1-9,14,16H,10-13,15H2. The highest BCUT2D eigenvalue weighted by Gasteiger charge is 2.30. The summed E-state index contributed by atoms with van der Waals surface area (Å²) in [6.45, 7) is 0.308. The summed E-state index contributed by atoms with van der Waals surface area (Å²) in [4.78, 5) is 28.4. The summed E-state index contributed by atoms with van der Waals surface area (Å²) < 4.78 is 7.05. The smallest absolute Gasteiger partial charge is 0.357 e. The fourth-order valence-electron chi connectivity index (χ4n) is 3.60. The Kier molecular flexibility index (Phi) is 5.04. The zero-order valence-electron chi connectivity index (χ0n) is 16.4. The summed E-state index contributed by atoms with van der Waals surface area (Å²) in [6, 6.07) is 19.1. The fourth-order valence-corrected chi connectivity index (χ4v) is 4.59. The van der Waals surface area contributed by atoms with E-state index in [0.29, 0.717) is 18.2 Å². The molecule has 1 amide bonds. The average Bonchev–Trinajstić information content (AvgIpc) is 3.55. The highest BCUT2D eigenvalue weighted by molar-refractivity contribution is 7.99. The third-order valence-corrected chi connectivity index (χ3v) is 6.33. The summed E-state index contributed by atoms with van der Waals surface area (Å²) >= 11 is 1.73. The van der Waals surface area contributed by atoms with E-state index in [4.69, 9.17) is 4.74 Å². The first-order chi connectivity index (χ1) is 14.7. The van der Waals surface area contributed by atoms with E-state index >= 15 is 0 Å². The molecule has 2 aliphatic rings. The summed E-state index contributed by atoms with van der Waals surface area (Å²) in [6.07, 6.45) is 2.18. The fraction of sp³-hybridized carbons (Fsp3) is 0.261. The Balaban J connectivity index is 1.33. The molecule has 0 unspecified atom stereocenters. The Morgan fingerprint density at radius 2 is 1.83 bits per heavy atom. The van der Waals surface area contributed by atoms with Gasteiger partial charge in [-0.2, -0.15) is 5.10 Å². The molecule has 0 bridgehead atoms. The van der Waals surface area contributed by atoms with Crippen LogP contribution in [0.25, 0.3) is 5.69 Å². The van der Waals surface area contributed by atoms with Crippen molar-refractivity contribution in [1.82, 2.24) is 9.78 Å². The van der Waals surface area contributed by atoms with Gasteiger partial charge in [0.15, 0.2) is 12.3 Å². The Morgan fingerprint density at radius 3 is 2.63 bits per heavy atom. The van der Waals surface area contributed by atoms with Crippen molar-refractivity contribution >= 4 is 29.3 Å². The molecule has 5 rings (SSSR count). The van der Waals surface area contributed by atoms with Gasteiger partial charge < -0.3 is 9.64 Å². The van der Waals surface area contributed by atoms with E-state index in [-0.39, 0.29) is 12.5 Å². The highest BCUT2D eigenvalue weighted by atomic mass is 32.2. The van der Waals surface area contributed by atoms with Crippen LogP contribution in [0, 0.1) is 0 Å². The summed E-state index contributed by atoms with van der Waals surface area (Å²) in [5, 5.41) is 4.63. The molecule has 30 heavy (non-hydrogen) atoms. The van der Waals surface area contributed by atoms with Crippen LogP contribution in [0.3, 0.4) is 0 Å². The van der Waals surface area contributed by atoms with Crippen LogP contribution >= 0.6 is 11.8 Å². The quantitative estimate of drug-likeness (QED) is 0.584. The van der Waals surface area contributed by atoms with Crippen molar-refractivity contribution in [1.29, 1.82) is 0 Å². The van der Waals surface area contributed by atoms with Crippen LogP contribution in [-0.4, -0.2) is 40.6 Å². The molecule has 2 aromatic carbocycles. The van der Waals surface area contributed by atoms with Crippen molar-refractivity contribution in [3.63, 3.8) is 0 Å². The Bertz CT molecular complexity index is 1090. The molecule has 6 nitrogen and oxygen atoms in total. The van der Waals surface area contributed by atoms with Crippen LogP contribution in [0.1, 0.15) is 34.9 Å². The van der Waals surface area contributed by atoms with Crippen LogP contribution in [0.15, 0.2) is 65.6 Å². The van der Waals surface area contributed by atoms with E-state index in [1.54, 1.807) is 27.4 Å². The maximum Gasteiger partial charge on any atom is 0.357 e. The first-order valence-electron chi connectivity index (χ1n) is 10.1. The van der Waals surface area contributed by atoms with Gasteiger partial charge in [-0.1, -0.05) is 30.3 Å². The molecule has 1 aliphatic carbocycles. The zero-order chi connectivity index (χ0) is 20.5. The lowest BCUT2D eigenvalue weighted by Crippen LogP contribution is -2.38. The van der Waals surface area contributed by atoms with Gasteiger partial charge in [-0.25, -0.2) is 9.48 Å². The molecule has 0 radical (unpaired) electrons. The van der Waals surface area contributed by atoms with Crippen molar-refractivity contribution in [3.8, 4) is 5.69 Å². The monoisotopic (exact) mass is 419 g/mol. The van der Waals surface area contributed by atoms with Crippen molar-refractivity contribution in [2.75, 3.05) is 23.8 Å². The van der Waals surface area contributed by atoms with E-state index in [0.717, 1.165) is 40.6 Å². The molecule has 152 valence electrons. The number of anilines is 1. The number of fused-ring (bicyclic) bond motifs is 1. The number of carbonyl (C=O) groups excluding carboxylic acids is 2. The van der Waals surface area contributed by atoms with Gasteiger partial charge in [-0.3, -0.25) is 4.79 Å². The average molecular weight is 420 g/mol. The van der Waals surface area contributed by atoms with Gasteiger partial charge in [0, 0.05) is 23.1 Å². The van der Waals surface area contributed by atoms with Gasteiger partial charge >= 0.3 is 5.97 Å². The van der Waals surface area contributed by atoms with Gasteiger partial charge in [-0.15, -0.1) is 11.8 Å². The maximum atomic E-state index is 12.9. The number of thioether (sulfide) groups is 1. The molecule has 0 spiro atoms. The van der Waals surface area contributed by atoms with E-state index in [1.807, 2.05) is 54.6 Å².